The molecule has 0 atom stereocenters. The molecule has 284 valence electrons. The predicted molar refractivity (Wildman–Crippen MR) is 252 cm³/mol. The summed E-state index contributed by atoms with van der Waals surface area (Å²) < 4.78 is 8.88. The molecule has 0 N–H and O–H groups in total. The molecule has 2 aliphatic rings. The van der Waals surface area contributed by atoms with E-state index >= 15 is 0 Å². The van der Waals surface area contributed by atoms with Gasteiger partial charge in [0.1, 0.15) is 11.5 Å². The summed E-state index contributed by atoms with van der Waals surface area (Å²) in [5, 5.41) is 3.48. The Kier molecular flexibility index (Phi) is 7.39. The molecule has 9 aromatic carbocycles. The van der Waals surface area contributed by atoms with Gasteiger partial charge in [-0.3, -0.25) is 0 Å². The molecule has 0 saturated carbocycles. The zero-order valence-corrected chi connectivity index (χ0v) is 33.7. The summed E-state index contributed by atoms with van der Waals surface area (Å²) in [6.07, 6.45) is 0. The average molecular weight is 795 g/mol. The summed E-state index contributed by atoms with van der Waals surface area (Å²) in [5.41, 5.74) is 15.7. The third-order valence-electron chi connectivity index (χ3n) is 12.8. The molecule has 13 rings (SSSR count). The van der Waals surface area contributed by atoms with Gasteiger partial charge in [-0.15, -0.1) is 11.3 Å². The second-order valence-electron chi connectivity index (χ2n) is 16.0. The number of thiophene rings is 1. The number of hydrogen-bond donors (Lipinski definition) is 0. The average Bonchev–Trinajstić information content (AvgIpc) is 3.85. The predicted octanol–water partition coefficient (Wildman–Crippen LogP) is 15.1. The van der Waals surface area contributed by atoms with Gasteiger partial charge in [0.25, 0.3) is 0 Å². The number of aromatic nitrogens is 2. The Morgan fingerprint density at radius 3 is 1.77 bits per heavy atom. The molecule has 0 bridgehead atoms. The molecule has 1 aliphatic carbocycles. The van der Waals surface area contributed by atoms with Crippen molar-refractivity contribution in [3.8, 4) is 67.5 Å². The van der Waals surface area contributed by atoms with E-state index < -0.39 is 5.41 Å². The van der Waals surface area contributed by atoms with Crippen molar-refractivity contribution in [3.63, 3.8) is 0 Å². The Morgan fingerprint density at radius 2 is 0.967 bits per heavy atom. The van der Waals surface area contributed by atoms with E-state index in [9.17, 15) is 0 Å². The fraction of sp³-hybridized carbons (Fsp3) is 0.0175. The second kappa shape index (κ2) is 13.2. The third-order valence-corrected chi connectivity index (χ3v) is 14.0. The maximum absolute atomic E-state index is 6.57. The molecule has 11 aromatic rings. The van der Waals surface area contributed by atoms with Gasteiger partial charge in [0.05, 0.1) is 21.3 Å². The van der Waals surface area contributed by atoms with E-state index in [1.807, 2.05) is 0 Å². The molecule has 3 nitrogen and oxygen atoms in total. The van der Waals surface area contributed by atoms with E-state index in [4.69, 9.17) is 14.7 Å². The summed E-state index contributed by atoms with van der Waals surface area (Å²) >= 11 is 1.76. The lowest BCUT2D eigenvalue weighted by Gasteiger charge is -2.39. The molecule has 0 radical (unpaired) electrons. The van der Waals surface area contributed by atoms with Crippen LogP contribution in [0, 0.1) is 0 Å². The van der Waals surface area contributed by atoms with Gasteiger partial charge in [0.2, 0.25) is 0 Å². The minimum atomic E-state index is -0.498. The first-order chi connectivity index (χ1) is 30.2. The molecule has 2 aromatic heterocycles. The Bertz CT molecular complexity index is 3530. The normalized spacial score (nSPS) is 13.2. The van der Waals surface area contributed by atoms with Crippen molar-refractivity contribution in [1.29, 1.82) is 0 Å². The van der Waals surface area contributed by atoms with Crippen LogP contribution in [0.1, 0.15) is 22.3 Å². The summed E-state index contributed by atoms with van der Waals surface area (Å²) in [7, 11) is 0. The first-order valence-electron chi connectivity index (χ1n) is 20.7. The number of nitrogens with zero attached hydrogens (tertiary/aromatic N) is 2. The number of benzene rings is 9. The Hall–Kier alpha value is -7.66. The molecule has 0 fully saturated rings. The highest BCUT2D eigenvalue weighted by Crippen LogP contribution is 2.62. The largest absolute Gasteiger partial charge is 0.457 e. The Labute approximate surface area is 356 Å². The second-order valence-corrected chi connectivity index (χ2v) is 17.1. The maximum Gasteiger partial charge on any atom is 0.161 e. The van der Waals surface area contributed by atoms with Crippen LogP contribution in [-0.4, -0.2) is 9.97 Å². The van der Waals surface area contributed by atoms with Crippen LogP contribution in [0.2, 0.25) is 0 Å². The molecular weight excluding hydrogens is 761 g/mol. The van der Waals surface area contributed by atoms with E-state index in [-0.39, 0.29) is 0 Å². The van der Waals surface area contributed by atoms with Crippen LogP contribution in [0.4, 0.5) is 0 Å². The highest BCUT2D eigenvalue weighted by molar-refractivity contribution is 7.26. The quantitative estimate of drug-likeness (QED) is 0.178. The van der Waals surface area contributed by atoms with Gasteiger partial charge in [-0.2, -0.15) is 0 Å². The van der Waals surface area contributed by atoms with Crippen LogP contribution < -0.4 is 4.74 Å². The van der Waals surface area contributed by atoms with Gasteiger partial charge >= 0.3 is 0 Å². The fourth-order valence-electron chi connectivity index (χ4n) is 10.1. The number of ether oxygens (including phenoxy) is 1. The van der Waals surface area contributed by atoms with Crippen molar-refractivity contribution in [2.24, 2.45) is 0 Å². The summed E-state index contributed by atoms with van der Waals surface area (Å²) in [5.74, 6) is 2.55. The molecule has 0 amide bonds. The number of fused-ring (bicyclic) bond motifs is 13. The summed E-state index contributed by atoms with van der Waals surface area (Å²) in [6, 6.07) is 74.3. The van der Waals surface area contributed by atoms with E-state index in [0.717, 1.165) is 66.3 Å². The number of rotatable bonds is 4. The van der Waals surface area contributed by atoms with E-state index in [2.05, 4.69) is 206 Å². The summed E-state index contributed by atoms with van der Waals surface area (Å²) in [6.45, 7) is 0. The molecule has 3 heterocycles. The minimum Gasteiger partial charge on any atom is -0.457 e. The molecule has 1 aliphatic heterocycles. The molecular formula is C57H34N2OS. The smallest absolute Gasteiger partial charge is 0.161 e. The lowest BCUT2D eigenvalue weighted by molar-refractivity contribution is 0.436. The van der Waals surface area contributed by atoms with Gasteiger partial charge in [0, 0.05) is 32.3 Å². The van der Waals surface area contributed by atoms with Crippen LogP contribution >= 0.6 is 11.3 Å². The van der Waals surface area contributed by atoms with Crippen molar-refractivity contribution < 1.29 is 4.74 Å². The Balaban J connectivity index is 0.920. The first kappa shape index (κ1) is 34.2. The first-order valence-corrected chi connectivity index (χ1v) is 21.5. The molecule has 0 unspecified atom stereocenters. The van der Waals surface area contributed by atoms with Crippen molar-refractivity contribution in [1.82, 2.24) is 9.97 Å². The topological polar surface area (TPSA) is 35.0 Å². The van der Waals surface area contributed by atoms with Crippen molar-refractivity contribution in [2.45, 2.75) is 5.41 Å². The van der Waals surface area contributed by atoms with Crippen LogP contribution in [0.5, 0.6) is 11.5 Å². The van der Waals surface area contributed by atoms with Crippen LogP contribution in [0.15, 0.2) is 206 Å². The lowest BCUT2D eigenvalue weighted by Crippen LogP contribution is -2.32. The molecule has 1 spiro atoms. The zero-order valence-electron chi connectivity index (χ0n) is 32.8. The zero-order chi connectivity index (χ0) is 40.1. The highest BCUT2D eigenvalue weighted by Gasteiger charge is 2.51. The van der Waals surface area contributed by atoms with Crippen LogP contribution in [0.3, 0.4) is 0 Å². The third kappa shape index (κ3) is 5.03. The fourth-order valence-corrected chi connectivity index (χ4v) is 11.2. The molecule has 0 saturated heterocycles. The van der Waals surface area contributed by atoms with Crippen molar-refractivity contribution in [2.75, 3.05) is 0 Å². The minimum absolute atomic E-state index is 0.498. The van der Waals surface area contributed by atoms with Gasteiger partial charge < -0.3 is 4.74 Å². The maximum atomic E-state index is 6.57. The van der Waals surface area contributed by atoms with Gasteiger partial charge in [-0.1, -0.05) is 176 Å². The molecule has 61 heavy (non-hydrogen) atoms. The summed E-state index contributed by atoms with van der Waals surface area (Å²) in [4.78, 5) is 10.6. The van der Waals surface area contributed by atoms with E-state index in [0.29, 0.717) is 0 Å². The van der Waals surface area contributed by atoms with Gasteiger partial charge in [0.15, 0.2) is 5.82 Å². The van der Waals surface area contributed by atoms with E-state index in [1.54, 1.807) is 11.3 Å². The van der Waals surface area contributed by atoms with Gasteiger partial charge in [-0.25, -0.2) is 9.97 Å². The monoisotopic (exact) mass is 794 g/mol. The van der Waals surface area contributed by atoms with E-state index in [1.165, 1.54) is 54.6 Å². The number of hydrogen-bond acceptors (Lipinski definition) is 4. The van der Waals surface area contributed by atoms with Crippen LogP contribution in [0.25, 0.3) is 87.1 Å². The van der Waals surface area contributed by atoms with Crippen molar-refractivity contribution >= 4 is 42.4 Å². The van der Waals surface area contributed by atoms with Crippen molar-refractivity contribution in [3.05, 3.63) is 229 Å². The van der Waals surface area contributed by atoms with Crippen LogP contribution in [-0.2, 0) is 5.41 Å². The SMILES string of the molecule is c1cc(-c2ccc(-c3ccc4c(c3)C3(c5ccccc5Oc5ccccc53)c3ccccc3-4)cc2)cc(-c2nc(-c3cccc4ccccc34)nc3c2sc2ccccc23)c1. The Morgan fingerprint density at radius 1 is 0.393 bits per heavy atom. The highest BCUT2D eigenvalue weighted by atomic mass is 32.1. The standard InChI is InChI=1S/C57H34N2OS/c1-2-17-41-37(13-1)14-12-20-44(41)56-58-53(55-54(59-56)45-19-4-10-26-52(45)61-55)40-16-11-15-38(33-40)35-27-29-36(30-28-35)39-31-32-43-42-18-3-5-21-46(42)57(49(43)34-39)47-22-6-8-24-50(47)60-51-25-9-7-23-48(51)57/h1-34H. The lowest BCUT2D eigenvalue weighted by atomic mass is 9.66. The van der Waals surface area contributed by atoms with Gasteiger partial charge in [-0.05, 0) is 85.6 Å². The molecule has 4 heteroatoms. The number of para-hydroxylation sites is 2.